The summed E-state index contributed by atoms with van der Waals surface area (Å²) in [7, 11) is 0. The Kier molecular flexibility index (Phi) is 3.56. The number of hydrogen-bond donors (Lipinski definition) is 1. The Bertz CT molecular complexity index is 649. The first-order valence-corrected chi connectivity index (χ1v) is 9.00. The van der Waals surface area contributed by atoms with Crippen LogP contribution in [-0.4, -0.2) is 33.4 Å². The third-order valence-electron chi connectivity index (χ3n) is 3.70. The molecule has 3 unspecified atom stereocenters. The van der Waals surface area contributed by atoms with Gasteiger partial charge in [-0.15, -0.1) is 11.8 Å². The molecule has 0 saturated carbocycles. The molecule has 1 aromatic carbocycles. The average molecular weight is 321 g/mol. The summed E-state index contributed by atoms with van der Waals surface area (Å²) >= 11 is 3.59. The summed E-state index contributed by atoms with van der Waals surface area (Å²) in [6, 6.07) is 8.12. The molecule has 1 aromatic heterocycles. The van der Waals surface area contributed by atoms with E-state index in [1.54, 1.807) is 11.8 Å². The number of hydrogen-bond acceptors (Lipinski definition) is 7. The van der Waals surface area contributed by atoms with Crippen LogP contribution >= 0.6 is 23.5 Å². The van der Waals surface area contributed by atoms with Crippen LogP contribution in [0.5, 0.6) is 5.75 Å². The minimum absolute atomic E-state index is 0.102. The summed E-state index contributed by atoms with van der Waals surface area (Å²) in [5.41, 5.74) is 6.08. The second-order valence-electron chi connectivity index (χ2n) is 5.16. The molecule has 1 fully saturated rings. The zero-order valence-corrected chi connectivity index (χ0v) is 12.9. The van der Waals surface area contributed by atoms with Gasteiger partial charge >= 0.3 is 0 Å². The predicted molar refractivity (Wildman–Crippen MR) is 82.9 cm³/mol. The minimum Gasteiger partial charge on any atom is -0.480 e. The Morgan fingerprint density at radius 1 is 1.19 bits per heavy atom. The first kappa shape index (κ1) is 13.5. The maximum atomic E-state index is 6.08. The molecule has 3 heterocycles. The van der Waals surface area contributed by atoms with Crippen LogP contribution in [0.1, 0.15) is 23.7 Å². The van der Waals surface area contributed by atoms with Crippen LogP contribution in [0, 0.1) is 0 Å². The second kappa shape index (κ2) is 5.55. The molecule has 2 N–H and O–H groups in total. The molecule has 1 saturated heterocycles. The van der Waals surface area contributed by atoms with Crippen molar-refractivity contribution in [2.45, 2.75) is 23.0 Å². The molecule has 5 nitrogen and oxygen atoms in total. The molecule has 0 spiro atoms. The topological polar surface area (TPSA) is 74.2 Å². The fraction of sp³-hybridized carbons (Fsp3) is 0.429. The lowest BCUT2D eigenvalue weighted by atomic mass is 10.1. The van der Waals surface area contributed by atoms with Gasteiger partial charge in [0.25, 0.3) is 0 Å². The summed E-state index contributed by atoms with van der Waals surface area (Å²) in [5, 5.41) is 4.10. The Morgan fingerprint density at radius 3 is 2.95 bits per heavy atom. The monoisotopic (exact) mass is 321 g/mol. The van der Waals surface area contributed by atoms with E-state index in [9.17, 15) is 0 Å². The van der Waals surface area contributed by atoms with Crippen LogP contribution in [0.15, 0.2) is 33.7 Å². The first-order chi connectivity index (χ1) is 10.3. The molecule has 4 rings (SSSR count). The van der Waals surface area contributed by atoms with Crippen molar-refractivity contribution in [3.05, 3.63) is 36.0 Å². The van der Waals surface area contributed by atoms with E-state index in [1.165, 1.54) is 0 Å². The maximum absolute atomic E-state index is 6.08. The van der Waals surface area contributed by atoms with Gasteiger partial charge in [-0.1, -0.05) is 17.3 Å². The van der Waals surface area contributed by atoms with Gasteiger partial charge in [-0.25, -0.2) is 0 Å². The van der Waals surface area contributed by atoms with Crippen LogP contribution in [0.25, 0.3) is 0 Å². The van der Waals surface area contributed by atoms with E-state index in [4.69, 9.17) is 15.0 Å². The van der Waals surface area contributed by atoms with Crippen molar-refractivity contribution >= 4 is 23.5 Å². The van der Waals surface area contributed by atoms with Crippen LogP contribution in [0.4, 0.5) is 0 Å². The van der Waals surface area contributed by atoms with Crippen molar-refractivity contribution in [2.24, 2.45) is 5.73 Å². The number of ether oxygens (including phenoxy) is 1. The summed E-state index contributed by atoms with van der Waals surface area (Å²) in [5.74, 6) is 5.02. The lowest BCUT2D eigenvalue weighted by Crippen LogP contribution is -2.27. The molecular formula is C14H15N3O2S2. The highest BCUT2D eigenvalue weighted by molar-refractivity contribution is 7.99. The summed E-state index contributed by atoms with van der Waals surface area (Å²) in [6.07, 6.45) is -0.160. The van der Waals surface area contributed by atoms with E-state index < -0.39 is 0 Å². The van der Waals surface area contributed by atoms with Gasteiger partial charge in [-0.3, -0.25) is 0 Å². The lowest BCUT2D eigenvalue weighted by molar-refractivity contribution is 0.205. The van der Waals surface area contributed by atoms with Gasteiger partial charge in [-0.2, -0.15) is 16.7 Å². The third kappa shape index (κ3) is 2.54. The average Bonchev–Trinajstić information content (AvgIpc) is 3.15. The van der Waals surface area contributed by atoms with Crippen molar-refractivity contribution in [2.75, 3.05) is 17.3 Å². The molecule has 0 aliphatic carbocycles. The van der Waals surface area contributed by atoms with E-state index >= 15 is 0 Å². The number of rotatable bonds is 2. The third-order valence-corrected chi connectivity index (χ3v) is 6.03. The molecule has 0 bridgehead atoms. The molecule has 0 amide bonds. The molecule has 2 aromatic rings. The Morgan fingerprint density at radius 2 is 2.10 bits per heavy atom. The van der Waals surface area contributed by atoms with Gasteiger partial charge in [0.1, 0.15) is 5.75 Å². The summed E-state index contributed by atoms with van der Waals surface area (Å²) < 4.78 is 11.4. The SMILES string of the molecule is NC1CSCC1c1nc(C2CSc3ccccc3O2)no1. The lowest BCUT2D eigenvalue weighted by Gasteiger charge is -2.22. The van der Waals surface area contributed by atoms with Crippen molar-refractivity contribution in [1.29, 1.82) is 0 Å². The Hall–Kier alpha value is -1.18. The predicted octanol–water partition coefficient (Wildman–Crippen LogP) is 2.45. The van der Waals surface area contributed by atoms with E-state index in [2.05, 4.69) is 16.2 Å². The molecule has 7 heteroatoms. The molecule has 2 aliphatic rings. The molecule has 2 aliphatic heterocycles. The van der Waals surface area contributed by atoms with Crippen LogP contribution < -0.4 is 10.5 Å². The molecule has 21 heavy (non-hydrogen) atoms. The minimum atomic E-state index is -0.160. The second-order valence-corrected chi connectivity index (χ2v) is 7.30. The van der Waals surface area contributed by atoms with Gasteiger partial charge in [0.15, 0.2) is 6.10 Å². The van der Waals surface area contributed by atoms with Crippen LogP contribution in [-0.2, 0) is 0 Å². The highest BCUT2D eigenvalue weighted by Gasteiger charge is 2.33. The Labute approximate surface area is 131 Å². The van der Waals surface area contributed by atoms with Crippen LogP contribution in [0.2, 0.25) is 0 Å². The molecule has 0 radical (unpaired) electrons. The van der Waals surface area contributed by atoms with Gasteiger partial charge < -0.3 is 15.0 Å². The standard InChI is InChI=1S/C14H15N3O2S2/c15-9-6-20-5-8(9)14-16-13(17-19-14)11-7-21-12-4-2-1-3-10(12)18-11/h1-4,8-9,11H,5-7,15H2. The fourth-order valence-electron chi connectivity index (χ4n) is 2.50. The van der Waals surface area contributed by atoms with Gasteiger partial charge in [0, 0.05) is 28.2 Å². The number of aromatic nitrogens is 2. The van der Waals surface area contributed by atoms with E-state index in [1.807, 2.05) is 30.0 Å². The number of nitrogens with zero attached hydrogens (tertiary/aromatic N) is 2. The summed E-state index contributed by atoms with van der Waals surface area (Å²) in [4.78, 5) is 5.69. The fourth-order valence-corrected chi connectivity index (χ4v) is 4.77. The zero-order valence-electron chi connectivity index (χ0n) is 11.3. The van der Waals surface area contributed by atoms with Crippen molar-refractivity contribution in [3.8, 4) is 5.75 Å². The van der Waals surface area contributed by atoms with Gasteiger partial charge in [0.2, 0.25) is 11.7 Å². The van der Waals surface area contributed by atoms with E-state index in [0.717, 1.165) is 27.9 Å². The zero-order chi connectivity index (χ0) is 14.2. The van der Waals surface area contributed by atoms with Crippen molar-refractivity contribution < 1.29 is 9.26 Å². The number of benzene rings is 1. The summed E-state index contributed by atoms with van der Waals surface area (Å²) in [6.45, 7) is 0. The van der Waals surface area contributed by atoms with Crippen molar-refractivity contribution in [1.82, 2.24) is 10.1 Å². The Balaban J connectivity index is 1.54. The van der Waals surface area contributed by atoms with Crippen LogP contribution in [0.3, 0.4) is 0 Å². The smallest absolute Gasteiger partial charge is 0.232 e. The van der Waals surface area contributed by atoms with E-state index in [0.29, 0.717) is 11.7 Å². The normalized spacial score (nSPS) is 28.1. The highest BCUT2D eigenvalue weighted by atomic mass is 32.2. The van der Waals surface area contributed by atoms with Gasteiger partial charge in [-0.05, 0) is 12.1 Å². The number of para-hydroxylation sites is 1. The maximum Gasteiger partial charge on any atom is 0.232 e. The number of fused-ring (bicyclic) bond motifs is 1. The highest BCUT2D eigenvalue weighted by Crippen LogP contribution is 2.40. The number of thioether (sulfide) groups is 2. The van der Waals surface area contributed by atoms with E-state index in [-0.39, 0.29) is 18.1 Å². The van der Waals surface area contributed by atoms with Gasteiger partial charge in [0.05, 0.1) is 5.92 Å². The first-order valence-electron chi connectivity index (χ1n) is 6.86. The molecule has 110 valence electrons. The van der Waals surface area contributed by atoms with Crippen molar-refractivity contribution in [3.63, 3.8) is 0 Å². The largest absolute Gasteiger partial charge is 0.480 e. The quantitative estimate of drug-likeness (QED) is 0.910. The molecular weight excluding hydrogens is 306 g/mol. The number of nitrogens with two attached hydrogens (primary N) is 1. The molecule has 3 atom stereocenters.